The van der Waals surface area contributed by atoms with E-state index in [4.69, 9.17) is 25.4 Å². The van der Waals surface area contributed by atoms with Crippen molar-refractivity contribution < 1.29 is 18.7 Å². The van der Waals surface area contributed by atoms with Crippen LogP contribution in [0.4, 0.5) is 11.4 Å². The maximum Gasteiger partial charge on any atom is 0.343 e. The molecule has 3 aromatic carbocycles. The average molecular weight is 416 g/mol. The summed E-state index contributed by atoms with van der Waals surface area (Å²) >= 11 is 0. The smallest absolute Gasteiger partial charge is 0.343 e. The van der Waals surface area contributed by atoms with E-state index in [1.54, 1.807) is 62.6 Å². The number of fused-ring (bicyclic) bond motifs is 1. The molecule has 7 nitrogen and oxygen atoms in total. The Hall–Kier alpha value is -4.26. The van der Waals surface area contributed by atoms with Gasteiger partial charge in [0, 0.05) is 28.6 Å². The summed E-state index contributed by atoms with van der Waals surface area (Å²) in [6.45, 7) is 1.71. The molecule has 156 valence electrons. The number of methoxy groups -OCH3 is 1. The van der Waals surface area contributed by atoms with Crippen LogP contribution in [0.3, 0.4) is 0 Å². The lowest BCUT2D eigenvalue weighted by Crippen LogP contribution is -2.10. The molecule has 0 aliphatic carbocycles. The molecule has 4 N–H and O–H groups in total. The molecule has 4 rings (SSSR count). The first-order valence-electron chi connectivity index (χ1n) is 9.46. The summed E-state index contributed by atoms with van der Waals surface area (Å²) in [5, 5.41) is 0.481. The van der Waals surface area contributed by atoms with E-state index >= 15 is 0 Å². The molecule has 7 heteroatoms. The maximum absolute atomic E-state index is 12.8. The Balaban J connectivity index is 1.65. The van der Waals surface area contributed by atoms with Gasteiger partial charge in [-0.25, -0.2) is 4.79 Å². The van der Waals surface area contributed by atoms with E-state index in [1.165, 1.54) is 12.1 Å². The number of rotatable bonds is 4. The first kappa shape index (κ1) is 20.0. The second-order valence-electron chi connectivity index (χ2n) is 7.05. The van der Waals surface area contributed by atoms with Crippen molar-refractivity contribution in [3.63, 3.8) is 0 Å². The summed E-state index contributed by atoms with van der Waals surface area (Å²) < 4.78 is 16.6. The fourth-order valence-corrected chi connectivity index (χ4v) is 3.30. The topological polar surface area (TPSA) is 118 Å². The third kappa shape index (κ3) is 3.93. The zero-order valence-corrected chi connectivity index (χ0v) is 17.0. The van der Waals surface area contributed by atoms with Crippen molar-refractivity contribution in [1.82, 2.24) is 0 Å². The van der Waals surface area contributed by atoms with Crippen molar-refractivity contribution >= 4 is 28.3 Å². The van der Waals surface area contributed by atoms with E-state index in [-0.39, 0.29) is 11.0 Å². The van der Waals surface area contributed by atoms with Crippen LogP contribution in [0.1, 0.15) is 15.9 Å². The van der Waals surface area contributed by atoms with E-state index in [2.05, 4.69) is 0 Å². The van der Waals surface area contributed by atoms with Crippen LogP contribution in [0.2, 0.25) is 0 Å². The third-order valence-electron chi connectivity index (χ3n) is 4.87. The summed E-state index contributed by atoms with van der Waals surface area (Å²) in [5.41, 5.74) is 13.9. The van der Waals surface area contributed by atoms with Crippen LogP contribution in [0.25, 0.3) is 22.3 Å². The molecule has 0 bridgehead atoms. The Morgan fingerprint density at radius 3 is 2.19 bits per heavy atom. The van der Waals surface area contributed by atoms with Crippen LogP contribution in [0, 0.1) is 6.92 Å². The van der Waals surface area contributed by atoms with Crippen molar-refractivity contribution in [1.29, 1.82) is 0 Å². The van der Waals surface area contributed by atoms with Crippen LogP contribution in [-0.4, -0.2) is 13.1 Å². The Morgan fingerprint density at radius 1 is 0.903 bits per heavy atom. The molecule has 0 aliphatic rings. The highest BCUT2D eigenvalue weighted by Crippen LogP contribution is 2.29. The fourth-order valence-electron chi connectivity index (χ4n) is 3.30. The highest BCUT2D eigenvalue weighted by molar-refractivity contribution is 5.93. The lowest BCUT2D eigenvalue weighted by molar-refractivity contribution is 0.0735. The van der Waals surface area contributed by atoms with Crippen LogP contribution in [-0.2, 0) is 0 Å². The minimum atomic E-state index is -0.577. The monoisotopic (exact) mass is 416 g/mol. The second-order valence-corrected chi connectivity index (χ2v) is 7.05. The number of hydrogen-bond acceptors (Lipinski definition) is 7. The van der Waals surface area contributed by atoms with Gasteiger partial charge in [0.15, 0.2) is 5.43 Å². The normalized spacial score (nSPS) is 10.8. The molecule has 0 saturated heterocycles. The van der Waals surface area contributed by atoms with Gasteiger partial charge in [-0.05, 0) is 61.5 Å². The number of anilines is 2. The summed E-state index contributed by atoms with van der Waals surface area (Å²) in [4.78, 5) is 25.1. The van der Waals surface area contributed by atoms with Gasteiger partial charge in [0.25, 0.3) is 0 Å². The zero-order valence-electron chi connectivity index (χ0n) is 17.0. The Kier molecular flexibility index (Phi) is 5.09. The SMILES string of the molecule is COc1ccc2c(=O)c(C)c(-c3ccc(OC(=O)c4cc(N)cc(N)c4)cc3)oc2c1. The van der Waals surface area contributed by atoms with Gasteiger partial charge in [0.2, 0.25) is 0 Å². The van der Waals surface area contributed by atoms with E-state index in [9.17, 15) is 9.59 Å². The van der Waals surface area contributed by atoms with Gasteiger partial charge in [-0.15, -0.1) is 0 Å². The van der Waals surface area contributed by atoms with E-state index < -0.39 is 5.97 Å². The van der Waals surface area contributed by atoms with Crippen molar-refractivity contribution in [2.75, 3.05) is 18.6 Å². The third-order valence-corrected chi connectivity index (χ3v) is 4.87. The summed E-state index contributed by atoms with van der Waals surface area (Å²) in [6.07, 6.45) is 0. The molecule has 0 saturated carbocycles. The van der Waals surface area contributed by atoms with Gasteiger partial charge < -0.3 is 25.4 Å². The molecule has 31 heavy (non-hydrogen) atoms. The number of benzene rings is 3. The van der Waals surface area contributed by atoms with E-state index in [0.717, 1.165) is 0 Å². The van der Waals surface area contributed by atoms with Gasteiger partial charge in [-0.3, -0.25) is 4.79 Å². The van der Waals surface area contributed by atoms with Crippen LogP contribution in [0.5, 0.6) is 11.5 Å². The minimum absolute atomic E-state index is 0.117. The molecule has 0 spiro atoms. The van der Waals surface area contributed by atoms with Crippen LogP contribution >= 0.6 is 0 Å². The van der Waals surface area contributed by atoms with Crippen LogP contribution in [0.15, 0.2) is 69.9 Å². The Labute approximate surface area is 177 Å². The highest BCUT2D eigenvalue weighted by atomic mass is 16.5. The molecule has 0 amide bonds. The Morgan fingerprint density at radius 2 is 1.55 bits per heavy atom. The van der Waals surface area contributed by atoms with Crippen molar-refractivity contribution in [2.24, 2.45) is 0 Å². The summed E-state index contributed by atoms with van der Waals surface area (Å²) in [5.74, 6) is 0.784. The predicted octanol–water partition coefficient (Wildman–Crippen LogP) is 4.16. The van der Waals surface area contributed by atoms with Crippen molar-refractivity contribution in [2.45, 2.75) is 6.92 Å². The van der Waals surface area contributed by atoms with Crippen molar-refractivity contribution in [3.05, 3.63) is 82.0 Å². The highest BCUT2D eigenvalue weighted by Gasteiger charge is 2.15. The lowest BCUT2D eigenvalue weighted by Gasteiger charge is -2.10. The second kappa shape index (κ2) is 7.87. The first-order chi connectivity index (χ1) is 14.9. The molecule has 0 fully saturated rings. The molecule has 1 aromatic heterocycles. The molecular formula is C24H20N2O5. The summed E-state index contributed by atoms with van der Waals surface area (Å²) in [7, 11) is 1.55. The van der Waals surface area contributed by atoms with Gasteiger partial charge in [0.1, 0.15) is 22.8 Å². The molecule has 4 aromatic rings. The number of ether oxygens (including phenoxy) is 2. The van der Waals surface area contributed by atoms with Gasteiger partial charge in [-0.2, -0.15) is 0 Å². The largest absolute Gasteiger partial charge is 0.497 e. The number of carbonyl (C=O) groups is 1. The zero-order chi connectivity index (χ0) is 22.1. The quantitative estimate of drug-likeness (QED) is 0.291. The van der Waals surface area contributed by atoms with Gasteiger partial charge in [0.05, 0.1) is 18.1 Å². The number of nitrogens with two attached hydrogens (primary N) is 2. The Bertz CT molecular complexity index is 1340. The maximum atomic E-state index is 12.8. The molecule has 1 heterocycles. The minimum Gasteiger partial charge on any atom is -0.497 e. The summed E-state index contributed by atoms with van der Waals surface area (Å²) in [6, 6.07) is 16.3. The predicted molar refractivity (Wildman–Crippen MR) is 119 cm³/mol. The fraction of sp³-hybridized carbons (Fsp3) is 0.0833. The molecular weight excluding hydrogens is 396 g/mol. The van der Waals surface area contributed by atoms with Crippen molar-refractivity contribution in [3.8, 4) is 22.8 Å². The van der Waals surface area contributed by atoms with E-state index in [1.807, 2.05) is 0 Å². The van der Waals surface area contributed by atoms with E-state index in [0.29, 0.717) is 50.7 Å². The number of nitrogen functional groups attached to an aromatic ring is 2. The average Bonchev–Trinajstić information content (AvgIpc) is 2.75. The molecule has 0 atom stereocenters. The lowest BCUT2D eigenvalue weighted by atomic mass is 10.1. The number of esters is 1. The molecule has 0 radical (unpaired) electrons. The first-order valence-corrected chi connectivity index (χ1v) is 9.46. The van der Waals surface area contributed by atoms with Crippen LogP contribution < -0.4 is 26.4 Å². The number of carbonyl (C=O) groups excluding carboxylic acids is 1. The van der Waals surface area contributed by atoms with Gasteiger partial charge in [-0.1, -0.05) is 0 Å². The number of hydrogen-bond donors (Lipinski definition) is 2. The van der Waals surface area contributed by atoms with Gasteiger partial charge >= 0.3 is 5.97 Å². The molecule has 0 aliphatic heterocycles. The molecule has 0 unspecified atom stereocenters. The standard InChI is InChI=1S/C24H20N2O5/c1-13-22(27)20-8-7-19(29-2)12-21(20)31-23(13)14-3-5-18(6-4-14)30-24(28)15-9-16(25)11-17(26)10-15/h3-12H,25-26H2,1-2H3.